The van der Waals surface area contributed by atoms with E-state index in [0.29, 0.717) is 50.0 Å². The molecule has 1 aromatic heterocycles. The van der Waals surface area contributed by atoms with Crippen molar-refractivity contribution in [3.8, 4) is 17.0 Å². The van der Waals surface area contributed by atoms with Gasteiger partial charge >= 0.3 is 0 Å². The van der Waals surface area contributed by atoms with Gasteiger partial charge in [0, 0.05) is 27.1 Å². The predicted molar refractivity (Wildman–Crippen MR) is 191 cm³/mol. The minimum Gasteiger partial charge on any atom is -0.494 e. The third kappa shape index (κ3) is 9.69. The van der Waals surface area contributed by atoms with Crippen molar-refractivity contribution < 1.29 is 19.1 Å². The summed E-state index contributed by atoms with van der Waals surface area (Å²) in [5.74, 6) is -0.247. The maximum Gasteiger partial charge on any atom is 0.272 e. The van der Waals surface area contributed by atoms with Crippen LogP contribution >= 0.6 is 46.3 Å². The van der Waals surface area contributed by atoms with E-state index in [-0.39, 0.29) is 17.4 Å². The van der Waals surface area contributed by atoms with Crippen molar-refractivity contribution in [1.29, 1.82) is 0 Å². The van der Waals surface area contributed by atoms with Gasteiger partial charge in [0.2, 0.25) is 5.91 Å². The molecular formula is C35H28Cl2N4O4S2. The van der Waals surface area contributed by atoms with E-state index < -0.39 is 11.8 Å². The number of benzene rings is 4. The Balaban J connectivity index is 1.19. The molecule has 3 amide bonds. The largest absolute Gasteiger partial charge is 0.494 e. The molecule has 0 saturated carbocycles. The SMILES string of the molecule is CCOc1ccc(/C=C(\NC(=O)c2ccccc2)C(=O)Nc2ccc(SCC(=O)Nc3nc(-c4ccc(Cl)c(Cl)c4)cs3)cc2)cc1. The second-order valence-corrected chi connectivity index (χ2v) is 12.6. The molecule has 0 fully saturated rings. The van der Waals surface area contributed by atoms with Gasteiger partial charge in [-0.05, 0) is 79.2 Å². The highest BCUT2D eigenvalue weighted by Gasteiger charge is 2.16. The van der Waals surface area contributed by atoms with Crippen LogP contribution < -0.4 is 20.7 Å². The van der Waals surface area contributed by atoms with Gasteiger partial charge in [-0.1, -0.05) is 59.6 Å². The highest BCUT2D eigenvalue weighted by molar-refractivity contribution is 8.00. The van der Waals surface area contributed by atoms with Crippen LogP contribution in [0.5, 0.6) is 5.75 Å². The molecule has 5 aromatic rings. The minimum atomic E-state index is -0.494. The standard InChI is InChI=1S/C35H28Cl2N4O4S2/c1-2-45-26-13-8-22(9-14-26)18-30(39-33(43)23-6-4-3-5-7-23)34(44)38-25-11-15-27(16-12-25)46-21-32(42)41-35-40-31(20-47-35)24-10-17-28(36)29(37)19-24/h3-20H,2,21H2,1H3,(H,38,44)(H,39,43)(H,40,41,42)/b30-18-. The lowest BCUT2D eigenvalue weighted by atomic mass is 10.1. The molecule has 0 bridgehead atoms. The van der Waals surface area contributed by atoms with Gasteiger partial charge in [0.05, 0.1) is 28.1 Å². The summed E-state index contributed by atoms with van der Waals surface area (Å²) >= 11 is 14.8. The normalized spacial score (nSPS) is 11.1. The van der Waals surface area contributed by atoms with Crippen molar-refractivity contribution in [2.75, 3.05) is 23.0 Å². The second-order valence-electron chi connectivity index (χ2n) is 9.86. The van der Waals surface area contributed by atoms with E-state index in [4.69, 9.17) is 27.9 Å². The van der Waals surface area contributed by atoms with E-state index in [2.05, 4.69) is 20.9 Å². The number of amides is 3. The van der Waals surface area contributed by atoms with Crippen molar-refractivity contribution >= 4 is 80.9 Å². The molecule has 5 rings (SSSR count). The summed E-state index contributed by atoms with van der Waals surface area (Å²) in [6, 6.07) is 28.2. The number of hydrogen-bond donors (Lipinski definition) is 3. The van der Waals surface area contributed by atoms with Crippen LogP contribution in [0, 0.1) is 0 Å². The van der Waals surface area contributed by atoms with E-state index in [0.717, 1.165) is 10.5 Å². The topological polar surface area (TPSA) is 109 Å². The summed E-state index contributed by atoms with van der Waals surface area (Å²) in [7, 11) is 0. The molecule has 0 aliphatic heterocycles. The van der Waals surface area contributed by atoms with Crippen LogP contribution in [-0.4, -0.2) is 35.1 Å². The fourth-order valence-electron chi connectivity index (χ4n) is 4.19. The molecule has 8 nitrogen and oxygen atoms in total. The van der Waals surface area contributed by atoms with E-state index in [1.54, 1.807) is 91.0 Å². The summed E-state index contributed by atoms with van der Waals surface area (Å²) in [4.78, 5) is 44.2. The quantitative estimate of drug-likeness (QED) is 0.0887. The first-order chi connectivity index (χ1) is 22.8. The van der Waals surface area contributed by atoms with Crippen LogP contribution in [0.4, 0.5) is 10.8 Å². The fraction of sp³-hybridized carbons (Fsp3) is 0.0857. The lowest BCUT2D eigenvalue weighted by Crippen LogP contribution is -2.30. The fourth-order valence-corrected chi connectivity index (χ4v) is 5.92. The predicted octanol–water partition coefficient (Wildman–Crippen LogP) is 8.66. The molecule has 238 valence electrons. The number of carbonyl (C=O) groups is 3. The lowest BCUT2D eigenvalue weighted by Gasteiger charge is -2.12. The minimum absolute atomic E-state index is 0.0719. The molecule has 0 atom stereocenters. The Hall–Kier alpha value is -4.61. The molecular weight excluding hydrogens is 675 g/mol. The third-order valence-electron chi connectivity index (χ3n) is 6.48. The number of thioether (sulfide) groups is 1. The Morgan fingerprint density at radius 2 is 1.64 bits per heavy atom. The zero-order valence-electron chi connectivity index (χ0n) is 25.0. The van der Waals surface area contributed by atoms with Crippen molar-refractivity contribution in [3.63, 3.8) is 0 Å². The number of hydrogen-bond acceptors (Lipinski definition) is 7. The van der Waals surface area contributed by atoms with Crippen molar-refractivity contribution in [1.82, 2.24) is 10.3 Å². The van der Waals surface area contributed by atoms with Gasteiger partial charge in [-0.15, -0.1) is 23.1 Å². The third-order valence-corrected chi connectivity index (χ3v) is 8.99. The highest BCUT2D eigenvalue weighted by atomic mass is 35.5. The van der Waals surface area contributed by atoms with E-state index in [1.165, 1.54) is 23.1 Å². The number of anilines is 2. The van der Waals surface area contributed by atoms with Gasteiger partial charge in [0.1, 0.15) is 11.4 Å². The maximum atomic E-state index is 13.4. The number of nitrogens with one attached hydrogen (secondary N) is 3. The number of rotatable bonds is 12. The van der Waals surface area contributed by atoms with E-state index in [1.807, 2.05) is 24.4 Å². The van der Waals surface area contributed by atoms with Crippen LogP contribution in [-0.2, 0) is 9.59 Å². The van der Waals surface area contributed by atoms with Gasteiger partial charge in [-0.25, -0.2) is 4.98 Å². The molecule has 0 aliphatic rings. The number of nitrogens with zero attached hydrogens (tertiary/aromatic N) is 1. The van der Waals surface area contributed by atoms with Crippen LogP contribution in [0.1, 0.15) is 22.8 Å². The molecule has 0 spiro atoms. The molecule has 3 N–H and O–H groups in total. The second kappa shape index (κ2) is 16.3. The Morgan fingerprint density at radius 3 is 2.34 bits per heavy atom. The molecule has 0 saturated heterocycles. The van der Waals surface area contributed by atoms with Crippen LogP contribution in [0.25, 0.3) is 17.3 Å². The first kappa shape index (κ1) is 33.7. The van der Waals surface area contributed by atoms with E-state index in [9.17, 15) is 14.4 Å². The highest BCUT2D eigenvalue weighted by Crippen LogP contribution is 2.31. The first-order valence-corrected chi connectivity index (χ1v) is 17.0. The van der Waals surface area contributed by atoms with Crippen LogP contribution in [0.2, 0.25) is 10.0 Å². The van der Waals surface area contributed by atoms with Gasteiger partial charge in [0.15, 0.2) is 5.13 Å². The Kier molecular flexibility index (Phi) is 11.7. The average Bonchev–Trinajstić information content (AvgIpc) is 3.55. The Morgan fingerprint density at radius 1 is 0.894 bits per heavy atom. The molecule has 0 unspecified atom stereocenters. The molecule has 4 aromatic carbocycles. The van der Waals surface area contributed by atoms with E-state index >= 15 is 0 Å². The van der Waals surface area contributed by atoms with Gasteiger partial charge in [0.25, 0.3) is 11.8 Å². The zero-order valence-corrected chi connectivity index (χ0v) is 28.1. The first-order valence-electron chi connectivity index (χ1n) is 14.3. The molecule has 12 heteroatoms. The summed E-state index contributed by atoms with van der Waals surface area (Å²) in [6.45, 7) is 2.44. The zero-order chi connectivity index (χ0) is 33.2. The summed E-state index contributed by atoms with van der Waals surface area (Å²) in [6.07, 6.45) is 1.60. The summed E-state index contributed by atoms with van der Waals surface area (Å²) in [5.41, 5.74) is 3.21. The number of aromatic nitrogens is 1. The lowest BCUT2D eigenvalue weighted by molar-refractivity contribution is -0.114. The van der Waals surface area contributed by atoms with Crippen LogP contribution in [0.15, 0.2) is 113 Å². The van der Waals surface area contributed by atoms with Gasteiger partial charge in [-0.3, -0.25) is 14.4 Å². The smallest absolute Gasteiger partial charge is 0.272 e. The molecule has 47 heavy (non-hydrogen) atoms. The molecule has 0 radical (unpaired) electrons. The van der Waals surface area contributed by atoms with Gasteiger partial charge < -0.3 is 20.7 Å². The number of thiazole rings is 1. The molecule has 1 heterocycles. The summed E-state index contributed by atoms with van der Waals surface area (Å²) in [5, 5.41) is 11.6. The monoisotopic (exact) mass is 702 g/mol. The average molecular weight is 704 g/mol. The number of halogens is 2. The molecule has 0 aliphatic carbocycles. The van der Waals surface area contributed by atoms with Crippen molar-refractivity contribution in [3.05, 3.63) is 129 Å². The van der Waals surface area contributed by atoms with Gasteiger partial charge in [-0.2, -0.15) is 0 Å². The Labute approximate surface area is 290 Å². The van der Waals surface area contributed by atoms with Crippen LogP contribution in [0.3, 0.4) is 0 Å². The summed E-state index contributed by atoms with van der Waals surface area (Å²) < 4.78 is 5.50. The number of ether oxygens (including phenoxy) is 1. The Bertz CT molecular complexity index is 1900. The van der Waals surface area contributed by atoms with Crippen molar-refractivity contribution in [2.24, 2.45) is 0 Å². The number of carbonyl (C=O) groups excluding carboxylic acids is 3. The van der Waals surface area contributed by atoms with Crippen molar-refractivity contribution in [2.45, 2.75) is 11.8 Å². The maximum absolute atomic E-state index is 13.4.